The van der Waals surface area contributed by atoms with E-state index in [1.165, 1.54) is 0 Å². The number of hydrogen-bond acceptors (Lipinski definition) is 6. The number of carbonyl (C=O) groups is 1. The van der Waals surface area contributed by atoms with E-state index in [9.17, 15) is 9.36 Å². The molecule has 0 spiro atoms. The molecule has 6 nitrogen and oxygen atoms in total. The van der Waals surface area contributed by atoms with Crippen LogP contribution in [-0.4, -0.2) is 43.7 Å². The molecule has 1 aliphatic carbocycles. The molecule has 0 aromatic heterocycles. The highest BCUT2D eigenvalue weighted by Gasteiger charge is 2.56. The summed E-state index contributed by atoms with van der Waals surface area (Å²) in [6.07, 6.45) is 3.71. The van der Waals surface area contributed by atoms with Gasteiger partial charge in [0.2, 0.25) is 0 Å². The molecular weight excluding hydrogens is 295 g/mol. The zero-order chi connectivity index (χ0) is 15.5. The third-order valence-corrected chi connectivity index (χ3v) is 6.77. The van der Waals surface area contributed by atoms with Crippen molar-refractivity contribution in [3.63, 3.8) is 0 Å². The predicted molar refractivity (Wildman–Crippen MR) is 77.4 cm³/mol. The Hall–Kier alpha value is -0.420. The van der Waals surface area contributed by atoms with E-state index < -0.39 is 24.8 Å². The van der Waals surface area contributed by atoms with Crippen molar-refractivity contribution in [1.29, 1.82) is 0 Å². The topological polar surface area (TPSA) is 71.1 Å². The Kier molecular flexibility index (Phi) is 5.47. The van der Waals surface area contributed by atoms with Crippen LogP contribution >= 0.6 is 7.60 Å². The van der Waals surface area contributed by atoms with Crippen LogP contribution in [0.1, 0.15) is 46.0 Å². The van der Waals surface area contributed by atoms with Gasteiger partial charge in [-0.2, -0.15) is 0 Å². The number of rotatable bonds is 6. The van der Waals surface area contributed by atoms with Crippen molar-refractivity contribution in [2.45, 2.75) is 63.3 Å². The Balaban J connectivity index is 2.27. The van der Waals surface area contributed by atoms with Crippen molar-refractivity contribution in [3.05, 3.63) is 0 Å². The van der Waals surface area contributed by atoms with Crippen LogP contribution in [0.25, 0.3) is 0 Å². The molecule has 0 aromatic rings. The van der Waals surface area contributed by atoms with Crippen molar-refractivity contribution in [2.24, 2.45) is 0 Å². The summed E-state index contributed by atoms with van der Waals surface area (Å²) in [4.78, 5) is 12.3. The fraction of sp³-hybridized carbons (Fsp3) is 0.929. The van der Waals surface area contributed by atoms with E-state index in [2.05, 4.69) is 0 Å². The first-order chi connectivity index (χ1) is 10.0. The zero-order valence-corrected chi connectivity index (χ0v) is 13.9. The molecule has 1 heterocycles. The summed E-state index contributed by atoms with van der Waals surface area (Å²) in [6, 6.07) is 0. The number of carbonyl (C=O) groups excluding carboxylic acids is 1. The van der Waals surface area contributed by atoms with Gasteiger partial charge in [0, 0.05) is 13.5 Å². The van der Waals surface area contributed by atoms with Crippen molar-refractivity contribution in [2.75, 3.05) is 20.3 Å². The molecule has 3 atom stereocenters. The average molecular weight is 320 g/mol. The second-order valence-corrected chi connectivity index (χ2v) is 7.75. The quantitative estimate of drug-likeness (QED) is 0.553. The molecular formula is C14H25O6P. The molecule has 0 aromatic carbocycles. The summed E-state index contributed by atoms with van der Waals surface area (Å²) < 4.78 is 34.8. The molecule has 1 saturated heterocycles. The Morgan fingerprint density at radius 1 is 1.29 bits per heavy atom. The van der Waals surface area contributed by atoms with E-state index in [1.54, 1.807) is 21.0 Å². The number of esters is 1. The van der Waals surface area contributed by atoms with E-state index in [0.717, 1.165) is 25.7 Å². The first-order valence-corrected chi connectivity index (χ1v) is 9.27. The Labute approximate surface area is 126 Å². The largest absolute Gasteiger partial charge is 0.459 e. The number of methoxy groups -OCH3 is 1. The predicted octanol–water partition coefficient (Wildman–Crippen LogP) is 2.90. The molecule has 0 N–H and O–H groups in total. The second kappa shape index (κ2) is 6.78. The zero-order valence-electron chi connectivity index (χ0n) is 13.0. The van der Waals surface area contributed by atoms with Crippen molar-refractivity contribution in [3.8, 4) is 0 Å². The van der Waals surface area contributed by atoms with Gasteiger partial charge >= 0.3 is 13.6 Å². The van der Waals surface area contributed by atoms with Crippen LogP contribution in [0.2, 0.25) is 0 Å². The molecule has 2 rings (SSSR count). The molecule has 122 valence electrons. The van der Waals surface area contributed by atoms with Gasteiger partial charge in [0.15, 0.2) is 5.66 Å². The van der Waals surface area contributed by atoms with Crippen LogP contribution in [0.4, 0.5) is 0 Å². The summed E-state index contributed by atoms with van der Waals surface area (Å²) in [5, 5.41) is 0. The third-order valence-electron chi connectivity index (χ3n) is 4.38. The monoisotopic (exact) mass is 320 g/mol. The van der Waals surface area contributed by atoms with Crippen LogP contribution < -0.4 is 0 Å². The standard InChI is InChI=1S/C14H25O6P/c1-4-18-21(16,19-5-2)11-10-14(17-3)9-7-6-8-12(14)20-13(11)15/h11-12H,4-10H2,1-3H3/t11?,12-,14-/m1/s1. The molecule has 1 aliphatic heterocycles. The summed E-state index contributed by atoms with van der Waals surface area (Å²) in [6.45, 7) is 3.92. The summed E-state index contributed by atoms with van der Waals surface area (Å²) in [5.74, 6) is -0.486. The van der Waals surface area contributed by atoms with Crippen LogP contribution in [0.3, 0.4) is 0 Å². The minimum atomic E-state index is -3.52. The lowest BCUT2D eigenvalue weighted by Gasteiger charge is -2.47. The number of fused-ring (bicyclic) bond motifs is 1. The van der Waals surface area contributed by atoms with E-state index in [1.807, 2.05) is 0 Å². The van der Waals surface area contributed by atoms with Gasteiger partial charge in [-0.15, -0.1) is 0 Å². The van der Waals surface area contributed by atoms with Gasteiger partial charge in [0.1, 0.15) is 11.7 Å². The summed E-state index contributed by atoms with van der Waals surface area (Å²) >= 11 is 0. The lowest BCUT2D eigenvalue weighted by molar-refractivity contribution is -0.195. The van der Waals surface area contributed by atoms with Crippen LogP contribution in [0.15, 0.2) is 0 Å². The molecule has 0 radical (unpaired) electrons. The van der Waals surface area contributed by atoms with Crippen molar-refractivity contribution < 1.29 is 27.9 Å². The maximum atomic E-state index is 12.9. The Morgan fingerprint density at radius 3 is 2.52 bits per heavy atom. The molecule has 2 aliphatic rings. The lowest BCUT2D eigenvalue weighted by Crippen LogP contribution is -2.56. The SMILES string of the molecule is CCOP(=O)(OCC)C1C[C@]2(OC)CCCC[C@H]2OC1=O. The summed E-state index contributed by atoms with van der Waals surface area (Å²) in [5.41, 5.74) is -1.45. The van der Waals surface area contributed by atoms with E-state index in [4.69, 9.17) is 18.5 Å². The Morgan fingerprint density at radius 2 is 1.95 bits per heavy atom. The molecule has 7 heteroatoms. The average Bonchev–Trinajstić information content (AvgIpc) is 2.47. The minimum absolute atomic E-state index is 0.227. The lowest BCUT2D eigenvalue weighted by atomic mass is 9.77. The van der Waals surface area contributed by atoms with Gasteiger partial charge in [-0.1, -0.05) is 6.42 Å². The van der Waals surface area contributed by atoms with Crippen molar-refractivity contribution in [1.82, 2.24) is 0 Å². The van der Waals surface area contributed by atoms with Gasteiger partial charge < -0.3 is 18.5 Å². The smallest absolute Gasteiger partial charge is 0.344 e. The van der Waals surface area contributed by atoms with Gasteiger partial charge in [-0.3, -0.25) is 9.36 Å². The van der Waals surface area contributed by atoms with Gasteiger partial charge in [0.25, 0.3) is 0 Å². The normalized spacial score (nSPS) is 33.4. The highest BCUT2D eigenvalue weighted by atomic mass is 31.2. The molecule has 0 bridgehead atoms. The molecule has 1 unspecified atom stereocenters. The number of ether oxygens (including phenoxy) is 2. The van der Waals surface area contributed by atoms with Crippen LogP contribution in [0.5, 0.6) is 0 Å². The van der Waals surface area contributed by atoms with E-state index in [0.29, 0.717) is 6.42 Å². The second-order valence-electron chi connectivity index (χ2n) is 5.54. The van der Waals surface area contributed by atoms with Gasteiger partial charge in [-0.05, 0) is 33.1 Å². The van der Waals surface area contributed by atoms with Crippen molar-refractivity contribution >= 4 is 13.6 Å². The molecule has 0 amide bonds. The fourth-order valence-corrected chi connectivity index (χ4v) is 5.35. The molecule has 1 saturated carbocycles. The fourth-order valence-electron chi connectivity index (χ4n) is 3.34. The third kappa shape index (κ3) is 3.19. The molecule has 2 fully saturated rings. The first-order valence-electron chi connectivity index (χ1n) is 7.65. The van der Waals surface area contributed by atoms with Gasteiger partial charge in [0.05, 0.1) is 13.2 Å². The highest BCUT2D eigenvalue weighted by Crippen LogP contribution is 2.58. The minimum Gasteiger partial charge on any atom is -0.459 e. The maximum Gasteiger partial charge on any atom is 0.344 e. The van der Waals surface area contributed by atoms with Gasteiger partial charge in [-0.25, -0.2) is 0 Å². The maximum absolute atomic E-state index is 12.9. The number of hydrogen-bond donors (Lipinski definition) is 0. The van der Waals surface area contributed by atoms with E-state index >= 15 is 0 Å². The first kappa shape index (κ1) is 16.9. The summed E-state index contributed by atoms with van der Waals surface area (Å²) in [7, 11) is -1.90. The molecule has 21 heavy (non-hydrogen) atoms. The Bertz CT molecular complexity index is 416. The highest BCUT2D eigenvalue weighted by molar-refractivity contribution is 7.55. The van der Waals surface area contributed by atoms with Crippen LogP contribution in [0, 0.1) is 0 Å². The van der Waals surface area contributed by atoms with E-state index in [-0.39, 0.29) is 19.3 Å². The van der Waals surface area contributed by atoms with Crippen LogP contribution in [-0.2, 0) is 27.9 Å².